The maximum Gasteiger partial charge on any atom is 0.260 e. The van der Waals surface area contributed by atoms with Gasteiger partial charge < -0.3 is 4.90 Å². The van der Waals surface area contributed by atoms with Gasteiger partial charge in [-0.25, -0.2) is 17.6 Å². The zero-order valence-electron chi connectivity index (χ0n) is 9.48. The van der Waals surface area contributed by atoms with Crippen LogP contribution in [0.25, 0.3) is 0 Å². The van der Waals surface area contributed by atoms with Crippen LogP contribution in [-0.2, 0) is 0 Å². The average Bonchev–Trinajstić information content (AvgIpc) is 2.26. The lowest BCUT2D eigenvalue weighted by Gasteiger charge is -2.21. The Morgan fingerprint density at radius 2 is 1.79 bits per heavy atom. The standard InChI is InChI=1S/C11H9Br2F4NO/c12-1-2-18(5-9(16)17)11(19)10-7(14)3-6(13)4-8(10)15/h3-4,9H,1-2,5H2. The predicted molar refractivity (Wildman–Crippen MR) is 69.8 cm³/mol. The smallest absolute Gasteiger partial charge is 0.260 e. The highest BCUT2D eigenvalue weighted by Gasteiger charge is 2.25. The second-order valence-electron chi connectivity index (χ2n) is 3.58. The molecule has 0 aliphatic heterocycles. The van der Waals surface area contributed by atoms with E-state index in [2.05, 4.69) is 31.9 Å². The zero-order chi connectivity index (χ0) is 14.6. The van der Waals surface area contributed by atoms with Gasteiger partial charge in [-0.3, -0.25) is 4.79 Å². The summed E-state index contributed by atoms with van der Waals surface area (Å²) in [4.78, 5) is 12.6. The molecule has 0 N–H and O–H groups in total. The van der Waals surface area contributed by atoms with E-state index < -0.39 is 36.1 Å². The number of hydrogen-bond acceptors (Lipinski definition) is 1. The lowest BCUT2D eigenvalue weighted by atomic mass is 10.1. The number of rotatable bonds is 5. The second kappa shape index (κ2) is 7.23. The SMILES string of the molecule is O=C(c1c(F)cc(Br)cc1F)N(CCBr)CC(F)F. The van der Waals surface area contributed by atoms with Gasteiger partial charge >= 0.3 is 0 Å². The molecule has 0 saturated carbocycles. The van der Waals surface area contributed by atoms with Gasteiger partial charge in [-0.1, -0.05) is 31.9 Å². The van der Waals surface area contributed by atoms with E-state index in [-0.39, 0.29) is 16.3 Å². The van der Waals surface area contributed by atoms with Crippen molar-refractivity contribution in [2.45, 2.75) is 6.43 Å². The number of carbonyl (C=O) groups is 1. The maximum atomic E-state index is 13.6. The number of hydrogen-bond donors (Lipinski definition) is 0. The summed E-state index contributed by atoms with van der Waals surface area (Å²) in [7, 11) is 0. The molecule has 0 saturated heterocycles. The molecule has 0 spiro atoms. The Bertz CT molecular complexity index is 447. The van der Waals surface area contributed by atoms with E-state index in [9.17, 15) is 22.4 Å². The third-order valence-corrected chi connectivity index (χ3v) is 3.03. The lowest BCUT2D eigenvalue weighted by molar-refractivity contribution is 0.0564. The molecule has 2 nitrogen and oxygen atoms in total. The molecule has 0 aliphatic rings. The minimum absolute atomic E-state index is 0.0713. The number of benzene rings is 1. The van der Waals surface area contributed by atoms with Crippen molar-refractivity contribution in [3.8, 4) is 0 Å². The van der Waals surface area contributed by atoms with Gasteiger partial charge in [-0.15, -0.1) is 0 Å². The number of amides is 1. The second-order valence-corrected chi connectivity index (χ2v) is 5.28. The molecule has 0 aromatic heterocycles. The summed E-state index contributed by atoms with van der Waals surface area (Å²) >= 11 is 5.87. The van der Waals surface area contributed by atoms with Crippen LogP contribution in [0.3, 0.4) is 0 Å². The van der Waals surface area contributed by atoms with Gasteiger partial charge in [0.15, 0.2) is 0 Å². The van der Waals surface area contributed by atoms with E-state index in [4.69, 9.17) is 0 Å². The van der Waals surface area contributed by atoms with Crippen LogP contribution in [0.4, 0.5) is 17.6 Å². The summed E-state index contributed by atoms with van der Waals surface area (Å²) in [5.41, 5.74) is -0.829. The first-order chi connectivity index (χ1) is 8.86. The molecular formula is C11H9Br2F4NO. The first-order valence-electron chi connectivity index (χ1n) is 5.14. The summed E-state index contributed by atoms with van der Waals surface area (Å²) in [5, 5.41) is 0.227. The lowest BCUT2D eigenvalue weighted by Crippen LogP contribution is -2.37. The largest absolute Gasteiger partial charge is 0.332 e. The Labute approximate surface area is 124 Å². The highest BCUT2D eigenvalue weighted by molar-refractivity contribution is 9.10. The molecule has 0 aliphatic carbocycles. The van der Waals surface area contributed by atoms with Gasteiger partial charge in [-0.2, -0.15) is 0 Å². The molecule has 0 atom stereocenters. The van der Waals surface area contributed by atoms with Crippen LogP contribution >= 0.6 is 31.9 Å². The van der Waals surface area contributed by atoms with Crippen molar-refractivity contribution >= 4 is 37.8 Å². The highest BCUT2D eigenvalue weighted by atomic mass is 79.9. The molecule has 1 rings (SSSR count). The van der Waals surface area contributed by atoms with Crippen molar-refractivity contribution < 1.29 is 22.4 Å². The van der Waals surface area contributed by atoms with Crippen LogP contribution in [0.15, 0.2) is 16.6 Å². The van der Waals surface area contributed by atoms with Crippen LogP contribution in [0, 0.1) is 11.6 Å². The van der Waals surface area contributed by atoms with Crippen LogP contribution in [0.1, 0.15) is 10.4 Å². The van der Waals surface area contributed by atoms with Crippen molar-refractivity contribution in [3.63, 3.8) is 0 Å². The number of nitrogens with zero attached hydrogens (tertiary/aromatic N) is 1. The Kier molecular flexibility index (Phi) is 6.25. The van der Waals surface area contributed by atoms with E-state index in [0.717, 1.165) is 12.1 Å². The predicted octanol–water partition coefficient (Wildman–Crippen LogP) is 3.83. The van der Waals surface area contributed by atoms with Gasteiger partial charge in [0, 0.05) is 16.3 Å². The normalized spacial score (nSPS) is 10.9. The fraction of sp³-hybridized carbons (Fsp3) is 0.364. The fourth-order valence-corrected chi connectivity index (χ4v) is 2.28. The molecule has 1 amide bonds. The van der Waals surface area contributed by atoms with Gasteiger partial charge in [0.1, 0.15) is 17.2 Å². The number of carbonyl (C=O) groups excluding carboxylic acids is 1. The highest BCUT2D eigenvalue weighted by Crippen LogP contribution is 2.21. The Balaban J connectivity index is 3.09. The summed E-state index contributed by atoms with van der Waals surface area (Å²) in [5.74, 6) is -3.28. The molecule has 106 valence electrons. The topological polar surface area (TPSA) is 20.3 Å². The van der Waals surface area contributed by atoms with Crippen LogP contribution in [-0.4, -0.2) is 35.7 Å². The Hall–Kier alpha value is -0.630. The third-order valence-electron chi connectivity index (χ3n) is 2.22. The molecule has 8 heteroatoms. The summed E-state index contributed by atoms with van der Waals surface area (Å²) in [6, 6.07) is 1.82. The van der Waals surface area contributed by atoms with E-state index in [1.165, 1.54) is 0 Å². The van der Waals surface area contributed by atoms with Gasteiger partial charge in [0.25, 0.3) is 12.3 Å². The van der Waals surface area contributed by atoms with Crippen molar-refractivity contribution in [1.29, 1.82) is 0 Å². The summed E-state index contributed by atoms with van der Waals surface area (Å²) < 4.78 is 52.0. The van der Waals surface area contributed by atoms with Crippen molar-refractivity contribution in [2.75, 3.05) is 18.4 Å². The molecule has 1 aromatic rings. The number of alkyl halides is 3. The first-order valence-corrected chi connectivity index (χ1v) is 7.06. The fourth-order valence-electron chi connectivity index (χ4n) is 1.45. The van der Waals surface area contributed by atoms with Crippen LogP contribution in [0.2, 0.25) is 0 Å². The Morgan fingerprint density at radius 1 is 1.26 bits per heavy atom. The minimum Gasteiger partial charge on any atom is -0.332 e. The van der Waals surface area contributed by atoms with Crippen molar-refractivity contribution in [1.82, 2.24) is 4.90 Å². The Morgan fingerprint density at radius 3 is 2.21 bits per heavy atom. The monoisotopic (exact) mass is 405 g/mol. The van der Waals surface area contributed by atoms with Gasteiger partial charge in [0.05, 0.1) is 6.54 Å². The van der Waals surface area contributed by atoms with Crippen molar-refractivity contribution in [3.05, 3.63) is 33.8 Å². The quantitative estimate of drug-likeness (QED) is 0.537. The summed E-state index contributed by atoms with van der Waals surface area (Å²) in [6.07, 6.45) is -2.77. The third kappa shape index (κ3) is 4.45. The van der Waals surface area contributed by atoms with E-state index in [0.29, 0.717) is 4.90 Å². The van der Waals surface area contributed by atoms with E-state index in [1.54, 1.807) is 0 Å². The van der Waals surface area contributed by atoms with Crippen LogP contribution < -0.4 is 0 Å². The molecule has 0 fully saturated rings. The van der Waals surface area contributed by atoms with E-state index >= 15 is 0 Å². The number of halogens is 6. The molecule has 0 radical (unpaired) electrons. The van der Waals surface area contributed by atoms with Gasteiger partial charge in [-0.05, 0) is 12.1 Å². The summed E-state index contributed by atoms with van der Waals surface area (Å²) in [6.45, 7) is -0.947. The minimum atomic E-state index is -2.77. The maximum absolute atomic E-state index is 13.6. The molecule has 0 bridgehead atoms. The molecule has 1 aromatic carbocycles. The average molecular weight is 407 g/mol. The van der Waals surface area contributed by atoms with Crippen LogP contribution in [0.5, 0.6) is 0 Å². The zero-order valence-corrected chi connectivity index (χ0v) is 12.6. The molecular weight excluding hydrogens is 398 g/mol. The van der Waals surface area contributed by atoms with Crippen molar-refractivity contribution in [2.24, 2.45) is 0 Å². The van der Waals surface area contributed by atoms with E-state index in [1.807, 2.05) is 0 Å². The molecule has 0 heterocycles. The molecule has 19 heavy (non-hydrogen) atoms. The first kappa shape index (κ1) is 16.4. The van der Waals surface area contributed by atoms with Gasteiger partial charge in [0.2, 0.25) is 0 Å². The molecule has 0 unspecified atom stereocenters.